The molecular formula is C17H14ClNO3. The Labute approximate surface area is 131 Å². The van der Waals surface area contributed by atoms with Crippen molar-refractivity contribution < 1.29 is 14.6 Å². The second-order valence-corrected chi connectivity index (χ2v) is 5.98. The first kappa shape index (κ1) is 13.5. The lowest BCUT2D eigenvalue weighted by Crippen LogP contribution is -2.00. The highest BCUT2D eigenvalue weighted by atomic mass is 35.5. The Hall–Kier alpha value is -2.20. The van der Waals surface area contributed by atoms with Gasteiger partial charge in [-0.25, -0.2) is 4.79 Å². The van der Waals surface area contributed by atoms with Crippen LogP contribution in [0.4, 0.5) is 0 Å². The average molecular weight is 316 g/mol. The quantitative estimate of drug-likeness (QED) is 0.718. The van der Waals surface area contributed by atoms with Gasteiger partial charge in [0.1, 0.15) is 5.75 Å². The minimum Gasteiger partial charge on any atom is -0.506 e. The van der Waals surface area contributed by atoms with Crippen LogP contribution in [0.15, 0.2) is 30.5 Å². The van der Waals surface area contributed by atoms with Crippen LogP contribution in [0, 0.1) is 0 Å². The molecule has 0 aliphatic heterocycles. The molecule has 1 aliphatic rings. The molecule has 5 heteroatoms. The molecule has 0 unspecified atom stereocenters. The lowest BCUT2D eigenvalue weighted by molar-refractivity contribution is 0.0602. The summed E-state index contributed by atoms with van der Waals surface area (Å²) in [4.78, 5) is 12.1. The number of aromatic nitrogens is 1. The van der Waals surface area contributed by atoms with Crippen molar-refractivity contribution in [1.29, 1.82) is 0 Å². The van der Waals surface area contributed by atoms with E-state index in [1.807, 2.05) is 24.3 Å². The predicted molar refractivity (Wildman–Crippen MR) is 85.7 cm³/mol. The highest BCUT2D eigenvalue weighted by Crippen LogP contribution is 2.47. The molecule has 112 valence electrons. The second kappa shape index (κ2) is 4.65. The molecule has 3 aromatic rings. The summed E-state index contributed by atoms with van der Waals surface area (Å²) in [6, 6.07) is 7.92. The maximum absolute atomic E-state index is 12.1. The number of hydrogen-bond acceptors (Lipinski definition) is 3. The minimum atomic E-state index is -0.444. The third kappa shape index (κ3) is 1.74. The maximum atomic E-state index is 12.1. The van der Waals surface area contributed by atoms with E-state index in [9.17, 15) is 9.90 Å². The average Bonchev–Trinajstić information content (AvgIpc) is 3.31. The zero-order valence-electron chi connectivity index (χ0n) is 12.0. The standard InChI is InChI=1S/C17H14ClNO3/c1-22-17(21)12-8-19(9-6-7-9)15-10-4-2-3-5-11(10)16(20)14(18)13(12)15/h2-5,8-9,20H,6-7H2,1H3. The lowest BCUT2D eigenvalue weighted by Gasteiger charge is -2.10. The molecular weight excluding hydrogens is 302 g/mol. The fourth-order valence-electron chi connectivity index (χ4n) is 3.06. The number of fused-ring (bicyclic) bond motifs is 3. The molecule has 4 rings (SSSR count). The molecule has 0 spiro atoms. The zero-order valence-corrected chi connectivity index (χ0v) is 12.7. The molecule has 0 atom stereocenters. The van der Waals surface area contributed by atoms with E-state index in [1.54, 1.807) is 6.20 Å². The lowest BCUT2D eigenvalue weighted by atomic mass is 10.0. The Kier molecular flexibility index (Phi) is 2.84. The van der Waals surface area contributed by atoms with Crippen molar-refractivity contribution in [2.24, 2.45) is 0 Å². The molecule has 1 saturated carbocycles. The van der Waals surface area contributed by atoms with E-state index < -0.39 is 5.97 Å². The van der Waals surface area contributed by atoms with Crippen LogP contribution < -0.4 is 0 Å². The third-order valence-electron chi connectivity index (χ3n) is 4.24. The van der Waals surface area contributed by atoms with Gasteiger partial charge < -0.3 is 14.4 Å². The van der Waals surface area contributed by atoms with Gasteiger partial charge in [-0.15, -0.1) is 0 Å². The summed E-state index contributed by atoms with van der Waals surface area (Å²) in [5, 5.41) is 12.8. The van der Waals surface area contributed by atoms with Gasteiger partial charge in [0.25, 0.3) is 0 Å². The molecule has 2 aromatic carbocycles. The molecule has 1 fully saturated rings. The van der Waals surface area contributed by atoms with Gasteiger partial charge in [0.2, 0.25) is 0 Å². The van der Waals surface area contributed by atoms with E-state index in [0.717, 1.165) is 23.7 Å². The normalized spacial score (nSPS) is 14.6. The first-order valence-electron chi connectivity index (χ1n) is 7.15. The highest BCUT2D eigenvalue weighted by Gasteiger charge is 2.30. The number of carbonyl (C=O) groups is 1. The Morgan fingerprint density at radius 3 is 2.64 bits per heavy atom. The number of esters is 1. The topological polar surface area (TPSA) is 51.5 Å². The molecule has 1 aromatic heterocycles. The number of phenolic OH excluding ortho intramolecular Hbond substituents is 1. The van der Waals surface area contributed by atoms with Crippen molar-refractivity contribution in [3.63, 3.8) is 0 Å². The van der Waals surface area contributed by atoms with Gasteiger partial charge in [-0.1, -0.05) is 35.9 Å². The largest absolute Gasteiger partial charge is 0.506 e. The van der Waals surface area contributed by atoms with Gasteiger partial charge in [0.15, 0.2) is 0 Å². The zero-order chi connectivity index (χ0) is 15.4. The number of hydrogen-bond donors (Lipinski definition) is 1. The Bertz CT molecular complexity index is 925. The predicted octanol–water partition coefficient (Wildman–Crippen LogP) is 4.28. The molecule has 1 heterocycles. The molecule has 1 aliphatic carbocycles. The summed E-state index contributed by atoms with van der Waals surface area (Å²) in [7, 11) is 1.34. The van der Waals surface area contributed by atoms with Crippen LogP contribution >= 0.6 is 11.6 Å². The van der Waals surface area contributed by atoms with Crippen LogP contribution in [0.1, 0.15) is 29.2 Å². The van der Waals surface area contributed by atoms with E-state index in [0.29, 0.717) is 22.4 Å². The van der Waals surface area contributed by atoms with E-state index in [4.69, 9.17) is 16.3 Å². The van der Waals surface area contributed by atoms with E-state index in [1.165, 1.54) is 7.11 Å². The van der Waals surface area contributed by atoms with Crippen molar-refractivity contribution >= 4 is 39.2 Å². The molecule has 1 N–H and O–H groups in total. The number of nitrogens with zero attached hydrogens (tertiary/aromatic N) is 1. The third-order valence-corrected chi connectivity index (χ3v) is 4.61. The van der Waals surface area contributed by atoms with Crippen LogP contribution in [-0.2, 0) is 4.74 Å². The van der Waals surface area contributed by atoms with Crippen molar-refractivity contribution in [3.8, 4) is 5.75 Å². The van der Waals surface area contributed by atoms with Gasteiger partial charge in [-0.2, -0.15) is 0 Å². The van der Waals surface area contributed by atoms with Crippen molar-refractivity contribution in [1.82, 2.24) is 4.57 Å². The van der Waals surface area contributed by atoms with Gasteiger partial charge in [-0.05, 0) is 12.8 Å². The van der Waals surface area contributed by atoms with Crippen LogP contribution in [0.3, 0.4) is 0 Å². The number of ether oxygens (including phenoxy) is 1. The molecule has 0 bridgehead atoms. The smallest absolute Gasteiger partial charge is 0.340 e. The Balaban J connectivity index is 2.23. The maximum Gasteiger partial charge on any atom is 0.340 e. The van der Waals surface area contributed by atoms with Gasteiger partial charge >= 0.3 is 5.97 Å². The van der Waals surface area contributed by atoms with Gasteiger partial charge in [0.05, 0.1) is 23.2 Å². The molecule has 0 amide bonds. The van der Waals surface area contributed by atoms with Crippen molar-refractivity contribution in [2.75, 3.05) is 7.11 Å². The highest BCUT2D eigenvalue weighted by molar-refractivity contribution is 6.41. The van der Waals surface area contributed by atoms with E-state index in [2.05, 4.69) is 4.57 Å². The van der Waals surface area contributed by atoms with E-state index >= 15 is 0 Å². The molecule has 0 saturated heterocycles. The van der Waals surface area contributed by atoms with Gasteiger partial charge in [-0.3, -0.25) is 0 Å². The van der Waals surface area contributed by atoms with Crippen molar-refractivity contribution in [2.45, 2.75) is 18.9 Å². The van der Waals surface area contributed by atoms with Crippen molar-refractivity contribution in [3.05, 3.63) is 41.0 Å². The number of methoxy groups -OCH3 is 1. The van der Waals surface area contributed by atoms with Crippen LogP contribution in [0.2, 0.25) is 5.02 Å². The van der Waals surface area contributed by atoms with E-state index in [-0.39, 0.29) is 10.8 Å². The fraction of sp³-hybridized carbons (Fsp3) is 0.235. The fourth-order valence-corrected chi connectivity index (χ4v) is 3.35. The van der Waals surface area contributed by atoms with Gasteiger partial charge in [0, 0.05) is 28.4 Å². The molecule has 22 heavy (non-hydrogen) atoms. The number of rotatable bonds is 2. The summed E-state index contributed by atoms with van der Waals surface area (Å²) >= 11 is 6.38. The number of benzene rings is 2. The number of halogens is 1. The van der Waals surface area contributed by atoms with Crippen LogP contribution in [-0.4, -0.2) is 22.8 Å². The number of aromatic hydroxyl groups is 1. The molecule has 0 radical (unpaired) electrons. The summed E-state index contributed by atoms with van der Waals surface area (Å²) < 4.78 is 6.96. The number of carbonyl (C=O) groups excluding carboxylic acids is 1. The van der Waals surface area contributed by atoms with Crippen LogP contribution in [0.5, 0.6) is 5.75 Å². The summed E-state index contributed by atoms with van der Waals surface area (Å²) in [5.41, 5.74) is 1.29. The first-order valence-corrected chi connectivity index (χ1v) is 7.53. The Morgan fingerprint density at radius 1 is 1.32 bits per heavy atom. The summed E-state index contributed by atoms with van der Waals surface area (Å²) in [5.74, 6) is -0.440. The number of phenols is 1. The first-order chi connectivity index (χ1) is 10.6. The Morgan fingerprint density at radius 2 is 2.00 bits per heavy atom. The minimum absolute atomic E-state index is 0.00321. The summed E-state index contributed by atoms with van der Waals surface area (Å²) in [6.45, 7) is 0. The summed E-state index contributed by atoms with van der Waals surface area (Å²) in [6.07, 6.45) is 3.96. The second-order valence-electron chi connectivity index (χ2n) is 5.60. The van der Waals surface area contributed by atoms with Crippen LogP contribution in [0.25, 0.3) is 21.7 Å². The molecule has 4 nitrogen and oxygen atoms in total. The SMILES string of the molecule is COC(=O)c1cn(C2CC2)c2c1c(Cl)c(O)c1ccccc12. The monoisotopic (exact) mass is 315 g/mol.